The Morgan fingerprint density at radius 2 is 1.70 bits per heavy atom. The standard InChI is InChI=1S/C18H21N3O2/c19-11-4-3-7-13-6-1-2-10-16(13)21-18(23)15-9-5-8-14(12-15)17(20)22/h1-2,5-6,8-10,12H,3-4,7,11,19H2,(H2,20,22)(H,21,23). The number of aryl methyl sites for hydroxylation is 1. The molecule has 0 atom stereocenters. The lowest BCUT2D eigenvalue weighted by Gasteiger charge is -2.11. The van der Waals surface area contributed by atoms with Gasteiger partial charge in [-0.1, -0.05) is 24.3 Å². The van der Waals surface area contributed by atoms with Gasteiger partial charge in [0.25, 0.3) is 5.91 Å². The van der Waals surface area contributed by atoms with Crippen LogP contribution in [0.4, 0.5) is 5.69 Å². The minimum atomic E-state index is -0.554. The number of hydrogen-bond acceptors (Lipinski definition) is 3. The van der Waals surface area contributed by atoms with Crippen molar-refractivity contribution in [3.05, 3.63) is 65.2 Å². The van der Waals surface area contributed by atoms with Crippen molar-refractivity contribution in [1.29, 1.82) is 0 Å². The summed E-state index contributed by atoms with van der Waals surface area (Å²) >= 11 is 0. The number of amides is 2. The first kappa shape index (κ1) is 16.7. The Balaban J connectivity index is 2.14. The first-order chi connectivity index (χ1) is 11.1. The molecule has 0 aliphatic heterocycles. The first-order valence-corrected chi connectivity index (χ1v) is 7.61. The number of nitrogens with two attached hydrogens (primary N) is 2. The Bertz CT molecular complexity index is 698. The van der Waals surface area contributed by atoms with Gasteiger partial charge in [-0.05, 0) is 55.6 Å². The molecule has 0 aromatic heterocycles. The number of carbonyl (C=O) groups is 2. The fraction of sp³-hybridized carbons (Fsp3) is 0.222. The maximum Gasteiger partial charge on any atom is 0.255 e. The summed E-state index contributed by atoms with van der Waals surface area (Å²) in [6, 6.07) is 14.1. The lowest BCUT2D eigenvalue weighted by molar-refractivity contribution is 0.1000. The van der Waals surface area contributed by atoms with E-state index in [0.29, 0.717) is 17.7 Å². The van der Waals surface area contributed by atoms with Crippen LogP contribution < -0.4 is 16.8 Å². The number of benzene rings is 2. The summed E-state index contributed by atoms with van der Waals surface area (Å²) in [4.78, 5) is 23.6. The van der Waals surface area contributed by atoms with Gasteiger partial charge in [0.2, 0.25) is 5.91 Å². The molecule has 5 heteroatoms. The maximum atomic E-state index is 12.4. The van der Waals surface area contributed by atoms with Crippen LogP contribution in [0.25, 0.3) is 0 Å². The van der Waals surface area contributed by atoms with Crippen molar-refractivity contribution in [2.24, 2.45) is 11.5 Å². The molecule has 0 bridgehead atoms. The van der Waals surface area contributed by atoms with Gasteiger partial charge in [0, 0.05) is 16.8 Å². The highest BCUT2D eigenvalue weighted by molar-refractivity contribution is 6.06. The van der Waals surface area contributed by atoms with E-state index in [4.69, 9.17) is 11.5 Å². The fourth-order valence-electron chi connectivity index (χ4n) is 2.33. The number of primary amides is 1. The number of unbranched alkanes of at least 4 members (excludes halogenated alkanes) is 1. The highest BCUT2D eigenvalue weighted by Crippen LogP contribution is 2.18. The molecule has 0 heterocycles. The summed E-state index contributed by atoms with van der Waals surface area (Å²) < 4.78 is 0. The van der Waals surface area contributed by atoms with Gasteiger partial charge in [0.15, 0.2) is 0 Å². The summed E-state index contributed by atoms with van der Waals surface area (Å²) in [6.07, 6.45) is 2.78. The second-order valence-electron chi connectivity index (χ2n) is 5.30. The van der Waals surface area contributed by atoms with E-state index in [1.807, 2.05) is 24.3 Å². The van der Waals surface area contributed by atoms with Crippen molar-refractivity contribution in [2.45, 2.75) is 19.3 Å². The molecular weight excluding hydrogens is 290 g/mol. The molecule has 5 N–H and O–H groups in total. The van der Waals surface area contributed by atoms with Crippen LogP contribution in [0.1, 0.15) is 39.1 Å². The summed E-state index contributed by atoms with van der Waals surface area (Å²) in [5.41, 5.74) is 13.3. The number of para-hydroxylation sites is 1. The van der Waals surface area contributed by atoms with Crippen molar-refractivity contribution in [2.75, 3.05) is 11.9 Å². The molecule has 2 aromatic carbocycles. The molecule has 0 radical (unpaired) electrons. The van der Waals surface area contributed by atoms with E-state index in [9.17, 15) is 9.59 Å². The summed E-state index contributed by atoms with van der Waals surface area (Å²) in [5, 5.41) is 2.90. The highest BCUT2D eigenvalue weighted by atomic mass is 16.2. The van der Waals surface area contributed by atoms with Crippen molar-refractivity contribution in [1.82, 2.24) is 0 Å². The van der Waals surface area contributed by atoms with E-state index in [0.717, 1.165) is 30.5 Å². The maximum absolute atomic E-state index is 12.4. The molecule has 23 heavy (non-hydrogen) atoms. The molecule has 0 aliphatic carbocycles. The highest BCUT2D eigenvalue weighted by Gasteiger charge is 2.10. The monoisotopic (exact) mass is 311 g/mol. The Labute approximate surface area is 135 Å². The van der Waals surface area contributed by atoms with Gasteiger partial charge in [-0.2, -0.15) is 0 Å². The molecule has 0 fully saturated rings. The molecule has 120 valence electrons. The van der Waals surface area contributed by atoms with Crippen LogP contribution in [0, 0.1) is 0 Å². The van der Waals surface area contributed by atoms with Gasteiger partial charge >= 0.3 is 0 Å². The molecule has 0 unspecified atom stereocenters. The zero-order valence-electron chi connectivity index (χ0n) is 12.9. The van der Waals surface area contributed by atoms with Crippen LogP contribution in [-0.2, 0) is 6.42 Å². The molecule has 5 nitrogen and oxygen atoms in total. The number of nitrogens with one attached hydrogen (secondary N) is 1. The topological polar surface area (TPSA) is 98.2 Å². The van der Waals surface area contributed by atoms with Gasteiger partial charge in [0.1, 0.15) is 0 Å². The second kappa shape index (κ2) is 8.10. The lowest BCUT2D eigenvalue weighted by atomic mass is 10.1. The molecule has 2 amide bonds. The molecular formula is C18H21N3O2. The van der Waals surface area contributed by atoms with Crippen LogP contribution in [0.5, 0.6) is 0 Å². The van der Waals surface area contributed by atoms with Gasteiger partial charge in [-0.15, -0.1) is 0 Å². The van der Waals surface area contributed by atoms with Gasteiger partial charge < -0.3 is 16.8 Å². The number of hydrogen-bond donors (Lipinski definition) is 3. The van der Waals surface area contributed by atoms with Crippen LogP contribution in [0.3, 0.4) is 0 Å². The molecule has 0 spiro atoms. The molecule has 0 saturated heterocycles. The van der Waals surface area contributed by atoms with Crippen LogP contribution in [0.15, 0.2) is 48.5 Å². The third-order valence-electron chi connectivity index (χ3n) is 3.58. The zero-order chi connectivity index (χ0) is 16.7. The van der Waals surface area contributed by atoms with Crippen LogP contribution >= 0.6 is 0 Å². The van der Waals surface area contributed by atoms with E-state index >= 15 is 0 Å². The zero-order valence-corrected chi connectivity index (χ0v) is 12.9. The summed E-state index contributed by atoms with van der Waals surface area (Å²) in [6.45, 7) is 0.661. The average molecular weight is 311 g/mol. The van der Waals surface area contributed by atoms with Crippen molar-refractivity contribution >= 4 is 17.5 Å². The third-order valence-corrected chi connectivity index (χ3v) is 3.58. The summed E-state index contributed by atoms with van der Waals surface area (Å²) in [5.74, 6) is -0.818. The predicted molar refractivity (Wildman–Crippen MR) is 91.3 cm³/mol. The molecule has 0 saturated carbocycles. The fourth-order valence-corrected chi connectivity index (χ4v) is 2.33. The lowest BCUT2D eigenvalue weighted by Crippen LogP contribution is -2.16. The predicted octanol–water partition coefficient (Wildman–Crippen LogP) is 2.32. The van der Waals surface area contributed by atoms with E-state index in [1.165, 1.54) is 6.07 Å². The molecule has 2 rings (SSSR count). The number of carbonyl (C=O) groups excluding carboxylic acids is 2. The van der Waals surface area contributed by atoms with Gasteiger partial charge in [-0.25, -0.2) is 0 Å². The van der Waals surface area contributed by atoms with Gasteiger partial charge in [0.05, 0.1) is 0 Å². The van der Waals surface area contributed by atoms with E-state index < -0.39 is 5.91 Å². The number of rotatable bonds is 7. The van der Waals surface area contributed by atoms with E-state index in [-0.39, 0.29) is 5.91 Å². The quantitative estimate of drug-likeness (QED) is 0.684. The van der Waals surface area contributed by atoms with Crippen LogP contribution in [0.2, 0.25) is 0 Å². The summed E-state index contributed by atoms with van der Waals surface area (Å²) in [7, 11) is 0. The number of anilines is 1. The Morgan fingerprint density at radius 3 is 2.43 bits per heavy atom. The minimum absolute atomic E-state index is 0.264. The van der Waals surface area contributed by atoms with E-state index in [1.54, 1.807) is 18.2 Å². The normalized spacial score (nSPS) is 10.3. The minimum Gasteiger partial charge on any atom is -0.366 e. The third kappa shape index (κ3) is 4.66. The molecule has 2 aromatic rings. The second-order valence-corrected chi connectivity index (χ2v) is 5.30. The largest absolute Gasteiger partial charge is 0.366 e. The van der Waals surface area contributed by atoms with Crippen molar-refractivity contribution in [3.8, 4) is 0 Å². The van der Waals surface area contributed by atoms with Crippen molar-refractivity contribution in [3.63, 3.8) is 0 Å². The average Bonchev–Trinajstić information content (AvgIpc) is 2.56. The first-order valence-electron chi connectivity index (χ1n) is 7.61. The molecule has 0 aliphatic rings. The van der Waals surface area contributed by atoms with Crippen molar-refractivity contribution < 1.29 is 9.59 Å². The smallest absolute Gasteiger partial charge is 0.255 e. The SMILES string of the molecule is NCCCCc1ccccc1NC(=O)c1cccc(C(N)=O)c1. The van der Waals surface area contributed by atoms with Gasteiger partial charge in [-0.3, -0.25) is 9.59 Å². The Hall–Kier alpha value is -2.66. The Morgan fingerprint density at radius 1 is 0.957 bits per heavy atom. The Kier molecular flexibility index (Phi) is 5.88. The van der Waals surface area contributed by atoms with E-state index in [2.05, 4.69) is 5.32 Å². The van der Waals surface area contributed by atoms with Crippen LogP contribution in [-0.4, -0.2) is 18.4 Å².